The standard InChI is InChI=1S/C10H13BO5/c1-10(2)15-8-6(11(12)13)4-5-7(14-3)9(8)16-10/h4-5,12-13H,1-3H3. The second kappa shape index (κ2) is 3.57. The average molecular weight is 224 g/mol. The molecule has 5 nitrogen and oxygen atoms in total. The van der Waals surface area contributed by atoms with Gasteiger partial charge in [-0.25, -0.2) is 0 Å². The van der Waals surface area contributed by atoms with Crippen molar-refractivity contribution < 1.29 is 24.3 Å². The first kappa shape index (κ1) is 11.1. The Labute approximate surface area is 93.7 Å². The van der Waals surface area contributed by atoms with Crippen molar-refractivity contribution in [3.63, 3.8) is 0 Å². The summed E-state index contributed by atoms with van der Waals surface area (Å²) in [4.78, 5) is 0. The molecule has 0 saturated carbocycles. The third kappa shape index (κ3) is 1.70. The highest BCUT2D eigenvalue weighted by Crippen LogP contribution is 2.44. The summed E-state index contributed by atoms with van der Waals surface area (Å²) in [7, 11) is -0.0866. The first-order valence-corrected chi connectivity index (χ1v) is 4.89. The van der Waals surface area contributed by atoms with Crippen molar-refractivity contribution in [3.05, 3.63) is 12.1 Å². The zero-order valence-electron chi connectivity index (χ0n) is 9.35. The Bertz CT molecular complexity index is 416. The van der Waals surface area contributed by atoms with Crippen molar-refractivity contribution in [1.82, 2.24) is 0 Å². The van der Waals surface area contributed by atoms with E-state index >= 15 is 0 Å². The molecule has 1 aliphatic rings. The summed E-state index contributed by atoms with van der Waals surface area (Å²) in [6, 6.07) is 3.14. The maximum atomic E-state index is 9.20. The fraction of sp³-hybridized carbons (Fsp3) is 0.400. The highest BCUT2D eigenvalue weighted by atomic mass is 16.7. The van der Waals surface area contributed by atoms with Crippen molar-refractivity contribution in [2.24, 2.45) is 0 Å². The van der Waals surface area contributed by atoms with Crippen LogP contribution in [0.1, 0.15) is 13.8 Å². The lowest BCUT2D eigenvalue weighted by molar-refractivity contribution is -0.0436. The topological polar surface area (TPSA) is 68.2 Å². The number of fused-ring (bicyclic) bond motifs is 1. The van der Waals surface area contributed by atoms with Crippen LogP contribution in [0, 0.1) is 0 Å². The van der Waals surface area contributed by atoms with Gasteiger partial charge in [0.2, 0.25) is 11.5 Å². The molecule has 0 spiro atoms. The predicted molar refractivity (Wildman–Crippen MR) is 58.2 cm³/mol. The van der Waals surface area contributed by atoms with E-state index in [1.807, 2.05) is 0 Å². The molecule has 1 aromatic rings. The van der Waals surface area contributed by atoms with Crippen LogP contribution in [0.15, 0.2) is 12.1 Å². The lowest BCUT2D eigenvalue weighted by Gasteiger charge is -2.16. The molecule has 0 unspecified atom stereocenters. The summed E-state index contributed by atoms with van der Waals surface area (Å²) in [5.74, 6) is 0.392. The zero-order chi connectivity index (χ0) is 11.9. The summed E-state index contributed by atoms with van der Waals surface area (Å²) in [5, 5.41) is 18.4. The summed E-state index contributed by atoms with van der Waals surface area (Å²) >= 11 is 0. The zero-order valence-corrected chi connectivity index (χ0v) is 9.35. The van der Waals surface area contributed by atoms with E-state index in [9.17, 15) is 10.0 Å². The third-order valence-corrected chi connectivity index (χ3v) is 2.30. The molecule has 86 valence electrons. The van der Waals surface area contributed by atoms with Gasteiger partial charge < -0.3 is 24.3 Å². The Balaban J connectivity index is 2.55. The summed E-state index contributed by atoms with van der Waals surface area (Å²) < 4.78 is 16.2. The van der Waals surface area contributed by atoms with E-state index in [0.717, 1.165) is 0 Å². The van der Waals surface area contributed by atoms with Crippen molar-refractivity contribution in [2.75, 3.05) is 7.11 Å². The van der Waals surface area contributed by atoms with Gasteiger partial charge in [0, 0.05) is 19.3 Å². The quantitative estimate of drug-likeness (QED) is 0.685. The molecule has 0 bridgehead atoms. The van der Waals surface area contributed by atoms with Crippen molar-refractivity contribution >= 4 is 12.6 Å². The smallest absolute Gasteiger partial charge is 0.492 e. The van der Waals surface area contributed by atoms with Gasteiger partial charge in [0.05, 0.1) is 7.11 Å². The molecule has 0 aromatic heterocycles. The van der Waals surface area contributed by atoms with Gasteiger partial charge in [0.25, 0.3) is 0 Å². The van der Waals surface area contributed by atoms with Crippen molar-refractivity contribution in [2.45, 2.75) is 19.6 Å². The number of methoxy groups -OCH3 is 1. The molecule has 0 amide bonds. The van der Waals surface area contributed by atoms with Gasteiger partial charge in [-0.15, -0.1) is 0 Å². The van der Waals surface area contributed by atoms with E-state index < -0.39 is 12.9 Å². The van der Waals surface area contributed by atoms with Gasteiger partial charge in [0.1, 0.15) is 0 Å². The highest BCUT2D eigenvalue weighted by molar-refractivity contribution is 6.60. The number of hydrogen-bond donors (Lipinski definition) is 2. The molecular weight excluding hydrogens is 211 g/mol. The Kier molecular flexibility index (Phi) is 2.48. The minimum atomic E-state index is -1.60. The molecular formula is C10H13BO5. The maximum Gasteiger partial charge on any atom is 0.492 e. The van der Waals surface area contributed by atoms with Gasteiger partial charge >= 0.3 is 7.12 Å². The molecule has 1 aromatic carbocycles. The number of rotatable bonds is 2. The van der Waals surface area contributed by atoms with Crippen LogP contribution >= 0.6 is 0 Å². The number of benzene rings is 1. The minimum Gasteiger partial charge on any atom is -0.493 e. The highest BCUT2D eigenvalue weighted by Gasteiger charge is 2.38. The van der Waals surface area contributed by atoms with Gasteiger partial charge in [-0.1, -0.05) is 6.07 Å². The van der Waals surface area contributed by atoms with Crippen LogP contribution in [-0.4, -0.2) is 30.1 Å². The van der Waals surface area contributed by atoms with Crippen LogP contribution in [0.5, 0.6) is 17.2 Å². The average Bonchev–Trinajstić information content (AvgIpc) is 2.50. The molecule has 0 radical (unpaired) electrons. The molecule has 6 heteroatoms. The molecule has 1 heterocycles. The van der Waals surface area contributed by atoms with E-state index in [-0.39, 0.29) is 5.46 Å². The first-order chi connectivity index (χ1) is 7.44. The van der Waals surface area contributed by atoms with E-state index in [1.54, 1.807) is 19.9 Å². The molecule has 2 rings (SSSR count). The summed E-state index contributed by atoms with van der Waals surface area (Å²) in [6.07, 6.45) is 0. The predicted octanol–water partition coefficient (Wildman–Crippen LogP) is -0.118. The van der Waals surface area contributed by atoms with Gasteiger partial charge in [-0.05, 0) is 6.07 Å². The molecule has 1 aliphatic heterocycles. The molecule has 0 saturated heterocycles. The Morgan fingerprint density at radius 1 is 1.19 bits per heavy atom. The maximum absolute atomic E-state index is 9.20. The normalized spacial score (nSPS) is 16.1. The van der Waals surface area contributed by atoms with E-state index in [0.29, 0.717) is 17.2 Å². The van der Waals surface area contributed by atoms with Crippen molar-refractivity contribution in [3.8, 4) is 17.2 Å². The van der Waals surface area contributed by atoms with Gasteiger partial charge in [-0.3, -0.25) is 0 Å². The van der Waals surface area contributed by atoms with Crippen LogP contribution in [0.25, 0.3) is 0 Å². The third-order valence-electron chi connectivity index (χ3n) is 2.30. The van der Waals surface area contributed by atoms with Gasteiger partial charge in [-0.2, -0.15) is 0 Å². The summed E-state index contributed by atoms with van der Waals surface area (Å²) in [6.45, 7) is 3.47. The second-order valence-electron chi connectivity index (χ2n) is 3.99. The molecule has 2 N–H and O–H groups in total. The van der Waals surface area contributed by atoms with Crippen LogP contribution in [0.3, 0.4) is 0 Å². The number of hydrogen-bond acceptors (Lipinski definition) is 5. The van der Waals surface area contributed by atoms with E-state index in [4.69, 9.17) is 14.2 Å². The fourth-order valence-corrected chi connectivity index (χ4v) is 1.64. The molecule has 16 heavy (non-hydrogen) atoms. The van der Waals surface area contributed by atoms with E-state index in [2.05, 4.69) is 0 Å². The van der Waals surface area contributed by atoms with Crippen LogP contribution in [0.2, 0.25) is 0 Å². The van der Waals surface area contributed by atoms with Crippen LogP contribution in [0.4, 0.5) is 0 Å². The Morgan fingerprint density at radius 3 is 2.38 bits per heavy atom. The largest absolute Gasteiger partial charge is 0.493 e. The second-order valence-corrected chi connectivity index (χ2v) is 3.99. The summed E-state index contributed by atoms with van der Waals surface area (Å²) in [5.41, 5.74) is 0.265. The fourth-order valence-electron chi connectivity index (χ4n) is 1.64. The molecule has 0 fully saturated rings. The number of ether oxygens (including phenoxy) is 3. The molecule has 0 atom stereocenters. The van der Waals surface area contributed by atoms with Gasteiger partial charge in [0.15, 0.2) is 11.5 Å². The van der Waals surface area contributed by atoms with Crippen molar-refractivity contribution in [1.29, 1.82) is 0 Å². The van der Waals surface area contributed by atoms with Crippen LogP contribution in [-0.2, 0) is 0 Å². The monoisotopic (exact) mass is 224 g/mol. The SMILES string of the molecule is COc1ccc(B(O)O)c2c1OC(C)(C)O2. The van der Waals surface area contributed by atoms with Crippen LogP contribution < -0.4 is 19.7 Å². The Hall–Kier alpha value is -1.40. The Morgan fingerprint density at radius 2 is 1.81 bits per heavy atom. The lowest BCUT2D eigenvalue weighted by atomic mass is 9.79. The van der Waals surface area contributed by atoms with E-state index in [1.165, 1.54) is 13.2 Å². The first-order valence-electron chi connectivity index (χ1n) is 4.89. The lowest BCUT2D eigenvalue weighted by Crippen LogP contribution is -2.34. The molecule has 0 aliphatic carbocycles. The minimum absolute atomic E-state index is 0.265.